The van der Waals surface area contributed by atoms with Crippen molar-refractivity contribution in [2.24, 2.45) is 0 Å². The quantitative estimate of drug-likeness (QED) is 0.260. The molecule has 1 nitrogen and oxygen atoms in total. The molecule has 0 atom stereocenters. The zero-order valence-electron chi connectivity index (χ0n) is 4.09. The molecule has 0 aromatic carbocycles. The van der Waals surface area contributed by atoms with E-state index in [1.807, 2.05) is 6.08 Å². The molecule has 0 aliphatic heterocycles. The first-order valence-electron chi connectivity index (χ1n) is 2.04. The van der Waals surface area contributed by atoms with Gasteiger partial charge in [-0.25, -0.2) is 0 Å². The van der Waals surface area contributed by atoms with Crippen LogP contribution < -0.4 is 0 Å². The summed E-state index contributed by atoms with van der Waals surface area (Å²) in [4.78, 5) is 9.66. The topological polar surface area (TPSA) is 17.1 Å². The van der Waals surface area contributed by atoms with E-state index in [2.05, 4.69) is 6.58 Å². The van der Waals surface area contributed by atoms with E-state index in [1.54, 1.807) is 0 Å². The SMILES string of the molecule is C=CC[Se]CC=O. The van der Waals surface area contributed by atoms with Crippen LogP contribution in [0.5, 0.6) is 0 Å². The van der Waals surface area contributed by atoms with Crippen molar-refractivity contribution in [1.82, 2.24) is 0 Å². The van der Waals surface area contributed by atoms with Gasteiger partial charge in [0.2, 0.25) is 0 Å². The van der Waals surface area contributed by atoms with Gasteiger partial charge in [-0.1, -0.05) is 0 Å². The fraction of sp³-hybridized carbons (Fsp3) is 0.400. The number of rotatable bonds is 4. The van der Waals surface area contributed by atoms with Crippen molar-refractivity contribution < 1.29 is 4.79 Å². The van der Waals surface area contributed by atoms with Crippen LogP contribution in [0.2, 0.25) is 10.6 Å². The molecule has 2 heteroatoms. The van der Waals surface area contributed by atoms with Crippen LogP contribution in [0.3, 0.4) is 0 Å². The first kappa shape index (κ1) is 6.93. The Bertz CT molecular complexity index is 53.1. The fourth-order valence-electron chi connectivity index (χ4n) is 0.199. The van der Waals surface area contributed by atoms with Gasteiger partial charge >= 0.3 is 49.3 Å². The van der Waals surface area contributed by atoms with Gasteiger partial charge in [0.1, 0.15) is 0 Å². The maximum absolute atomic E-state index is 9.66. The van der Waals surface area contributed by atoms with Crippen molar-refractivity contribution in [2.75, 3.05) is 0 Å². The molecule has 0 spiro atoms. The molecular formula is C5H8OSe. The molecule has 0 N–H and O–H groups in total. The van der Waals surface area contributed by atoms with Crippen LogP contribution in [0, 0.1) is 0 Å². The summed E-state index contributed by atoms with van der Waals surface area (Å²) in [6.07, 6.45) is 2.81. The van der Waals surface area contributed by atoms with E-state index < -0.39 is 0 Å². The second-order valence-electron chi connectivity index (χ2n) is 0.993. The minimum atomic E-state index is 0.490. The Balaban J connectivity index is 2.68. The van der Waals surface area contributed by atoms with Crippen LogP contribution in [-0.4, -0.2) is 21.2 Å². The Morgan fingerprint density at radius 1 is 1.57 bits per heavy atom. The third-order valence-corrected chi connectivity index (χ3v) is 2.19. The summed E-state index contributed by atoms with van der Waals surface area (Å²) in [7, 11) is 0. The minimum absolute atomic E-state index is 0.490. The van der Waals surface area contributed by atoms with E-state index in [0.29, 0.717) is 15.0 Å². The Morgan fingerprint density at radius 3 is 2.71 bits per heavy atom. The molecule has 0 aromatic heterocycles. The van der Waals surface area contributed by atoms with Gasteiger partial charge in [-0.05, 0) is 0 Å². The average Bonchev–Trinajstić information content (AvgIpc) is 1.69. The van der Waals surface area contributed by atoms with Gasteiger partial charge in [0.05, 0.1) is 0 Å². The molecule has 0 radical (unpaired) electrons. The van der Waals surface area contributed by atoms with E-state index in [-0.39, 0.29) is 0 Å². The van der Waals surface area contributed by atoms with Gasteiger partial charge in [-0.3, -0.25) is 0 Å². The van der Waals surface area contributed by atoms with Crippen molar-refractivity contribution in [1.29, 1.82) is 0 Å². The fourth-order valence-corrected chi connectivity index (χ4v) is 1.04. The molecule has 40 valence electrons. The monoisotopic (exact) mass is 164 g/mol. The second kappa shape index (κ2) is 5.93. The van der Waals surface area contributed by atoms with Crippen molar-refractivity contribution in [3.63, 3.8) is 0 Å². The average molecular weight is 163 g/mol. The summed E-state index contributed by atoms with van der Waals surface area (Å²) in [5.41, 5.74) is 0. The van der Waals surface area contributed by atoms with Crippen molar-refractivity contribution in [2.45, 2.75) is 10.6 Å². The first-order valence-corrected chi connectivity index (χ1v) is 4.46. The van der Waals surface area contributed by atoms with Crippen LogP contribution >= 0.6 is 0 Å². The summed E-state index contributed by atoms with van der Waals surface area (Å²) in [6, 6.07) is 0. The molecule has 0 rings (SSSR count). The molecule has 0 saturated heterocycles. The van der Waals surface area contributed by atoms with Crippen LogP contribution in [0.1, 0.15) is 0 Å². The van der Waals surface area contributed by atoms with Gasteiger partial charge in [0.15, 0.2) is 0 Å². The Labute approximate surface area is 50.0 Å². The third-order valence-electron chi connectivity index (χ3n) is 0.422. The summed E-state index contributed by atoms with van der Waals surface area (Å²) in [5.74, 6) is 0. The van der Waals surface area contributed by atoms with E-state index >= 15 is 0 Å². The number of hydrogen-bond donors (Lipinski definition) is 0. The molecule has 0 fully saturated rings. The standard InChI is InChI=1S/C5H8OSe/c1-2-4-7-5-3-6/h2-3H,1,4-5H2. The summed E-state index contributed by atoms with van der Waals surface area (Å²) in [5, 5.41) is 1.75. The Hall–Kier alpha value is -0.0705. The molecule has 0 heterocycles. The van der Waals surface area contributed by atoms with Gasteiger partial charge < -0.3 is 0 Å². The number of carbonyl (C=O) groups excluding carboxylic acids is 1. The summed E-state index contributed by atoms with van der Waals surface area (Å²) in [6.45, 7) is 3.53. The van der Waals surface area contributed by atoms with Crippen LogP contribution in [0.25, 0.3) is 0 Å². The number of hydrogen-bond acceptors (Lipinski definition) is 1. The molecule has 0 amide bonds. The predicted octanol–water partition coefficient (Wildman–Crippen LogP) is 0.912. The van der Waals surface area contributed by atoms with E-state index in [9.17, 15) is 4.79 Å². The molecule has 0 aromatic rings. The predicted molar refractivity (Wildman–Crippen MR) is 31.6 cm³/mol. The number of carbonyl (C=O) groups is 1. The molecule has 0 saturated carbocycles. The molecule has 0 unspecified atom stereocenters. The van der Waals surface area contributed by atoms with Crippen LogP contribution in [0.15, 0.2) is 12.7 Å². The summed E-state index contributed by atoms with van der Waals surface area (Å²) >= 11 is 0.490. The number of allylic oxidation sites excluding steroid dienone is 1. The van der Waals surface area contributed by atoms with Crippen molar-refractivity contribution >= 4 is 21.2 Å². The molecule has 0 aliphatic carbocycles. The number of aldehydes is 1. The maximum atomic E-state index is 9.66. The second-order valence-corrected chi connectivity index (χ2v) is 3.25. The zero-order valence-corrected chi connectivity index (χ0v) is 5.81. The van der Waals surface area contributed by atoms with Crippen molar-refractivity contribution in [3.8, 4) is 0 Å². The van der Waals surface area contributed by atoms with E-state index in [0.717, 1.165) is 16.9 Å². The molecule has 0 bridgehead atoms. The Kier molecular flexibility index (Phi) is 5.87. The summed E-state index contributed by atoms with van der Waals surface area (Å²) < 4.78 is 0. The first-order chi connectivity index (χ1) is 3.41. The van der Waals surface area contributed by atoms with Gasteiger partial charge in [-0.15, -0.1) is 0 Å². The zero-order chi connectivity index (χ0) is 5.54. The van der Waals surface area contributed by atoms with Crippen LogP contribution in [-0.2, 0) is 4.79 Å². The van der Waals surface area contributed by atoms with Gasteiger partial charge in [-0.2, -0.15) is 0 Å². The van der Waals surface area contributed by atoms with E-state index in [1.165, 1.54) is 0 Å². The third kappa shape index (κ3) is 5.93. The van der Waals surface area contributed by atoms with Crippen LogP contribution in [0.4, 0.5) is 0 Å². The molecule has 7 heavy (non-hydrogen) atoms. The van der Waals surface area contributed by atoms with Gasteiger partial charge in [0.25, 0.3) is 0 Å². The van der Waals surface area contributed by atoms with Crippen molar-refractivity contribution in [3.05, 3.63) is 12.7 Å². The van der Waals surface area contributed by atoms with Gasteiger partial charge in [0, 0.05) is 0 Å². The normalized spacial score (nSPS) is 8.00. The molecular weight excluding hydrogens is 155 g/mol. The van der Waals surface area contributed by atoms with E-state index in [4.69, 9.17) is 0 Å². The molecule has 0 aliphatic rings. The Morgan fingerprint density at radius 2 is 2.29 bits per heavy atom.